The van der Waals surface area contributed by atoms with Crippen molar-refractivity contribution in [2.45, 2.75) is 32.6 Å². The minimum absolute atomic E-state index is 0.775. The van der Waals surface area contributed by atoms with Gasteiger partial charge < -0.3 is 10.0 Å². The second-order valence-corrected chi connectivity index (χ2v) is 5.10. The zero-order valence-electron chi connectivity index (χ0n) is 10.7. The van der Waals surface area contributed by atoms with Crippen molar-refractivity contribution in [3.8, 4) is 0 Å². The van der Waals surface area contributed by atoms with Gasteiger partial charge >= 0.3 is 5.97 Å². The maximum atomic E-state index is 11.2. The monoisotopic (exact) mass is 233 g/mol. The van der Waals surface area contributed by atoms with Crippen molar-refractivity contribution in [2.75, 3.05) is 18.0 Å². The fourth-order valence-electron chi connectivity index (χ4n) is 2.31. The summed E-state index contributed by atoms with van der Waals surface area (Å²) in [4.78, 5) is 13.6. The molecule has 1 aromatic carbocycles. The summed E-state index contributed by atoms with van der Waals surface area (Å²) >= 11 is 0. The van der Waals surface area contributed by atoms with Gasteiger partial charge in [0.1, 0.15) is 0 Å². The zero-order chi connectivity index (χ0) is 12.6. The maximum absolute atomic E-state index is 11.2. The first-order chi connectivity index (χ1) is 7.96. The molecule has 0 aromatic heterocycles. The Morgan fingerprint density at radius 3 is 2.76 bits per heavy atom. The predicted octanol–water partition coefficient (Wildman–Crippen LogP) is 2.43. The van der Waals surface area contributed by atoms with Crippen molar-refractivity contribution in [1.29, 1.82) is 0 Å². The lowest BCUT2D eigenvalue weighted by atomic mass is 9.84. The van der Waals surface area contributed by atoms with Gasteiger partial charge in [0.15, 0.2) is 0 Å². The zero-order valence-corrected chi connectivity index (χ0v) is 10.7. The van der Waals surface area contributed by atoms with Crippen molar-refractivity contribution in [3.05, 3.63) is 29.3 Å². The van der Waals surface area contributed by atoms with E-state index in [4.69, 9.17) is 0 Å². The van der Waals surface area contributed by atoms with Gasteiger partial charge in [0.05, 0.1) is 5.41 Å². The molecule has 0 spiro atoms. The van der Waals surface area contributed by atoms with Gasteiger partial charge in [-0.1, -0.05) is 12.1 Å². The van der Waals surface area contributed by atoms with Gasteiger partial charge in [-0.25, -0.2) is 0 Å². The minimum Gasteiger partial charge on any atom is -0.481 e. The molecular weight excluding hydrogens is 214 g/mol. The van der Waals surface area contributed by atoms with Crippen LogP contribution in [0.1, 0.15) is 31.9 Å². The van der Waals surface area contributed by atoms with E-state index in [9.17, 15) is 9.90 Å². The minimum atomic E-state index is -0.811. The molecule has 0 unspecified atom stereocenters. The van der Waals surface area contributed by atoms with Crippen LogP contribution in [0.3, 0.4) is 0 Å². The molecule has 1 aliphatic rings. The van der Waals surface area contributed by atoms with E-state index >= 15 is 0 Å². The molecule has 0 saturated carbocycles. The first kappa shape index (κ1) is 12.0. The number of carbonyl (C=O) groups is 1. The number of fused-ring (bicyclic) bond motifs is 1. The topological polar surface area (TPSA) is 40.5 Å². The van der Waals surface area contributed by atoms with Crippen molar-refractivity contribution >= 4 is 11.7 Å². The Balaban J connectivity index is 2.39. The van der Waals surface area contributed by atoms with Gasteiger partial charge in [-0.3, -0.25) is 4.79 Å². The van der Waals surface area contributed by atoms with Crippen LogP contribution >= 0.6 is 0 Å². The third-order valence-corrected chi connectivity index (χ3v) is 3.71. The molecule has 1 aliphatic heterocycles. The molecule has 0 saturated heterocycles. The Labute approximate surface area is 102 Å². The molecule has 0 atom stereocenters. The predicted molar refractivity (Wildman–Crippen MR) is 68.7 cm³/mol. The van der Waals surface area contributed by atoms with Crippen LogP contribution in [0, 0.1) is 0 Å². The number of hydrogen-bond acceptors (Lipinski definition) is 2. The highest BCUT2D eigenvalue weighted by atomic mass is 16.4. The van der Waals surface area contributed by atoms with Gasteiger partial charge in [0.25, 0.3) is 0 Å². The van der Waals surface area contributed by atoms with Crippen LogP contribution in [0.25, 0.3) is 0 Å². The summed E-state index contributed by atoms with van der Waals surface area (Å²) in [5, 5.41) is 9.23. The van der Waals surface area contributed by atoms with Crippen molar-refractivity contribution in [2.24, 2.45) is 0 Å². The van der Waals surface area contributed by atoms with Crippen LogP contribution in [-0.2, 0) is 16.6 Å². The van der Waals surface area contributed by atoms with Gasteiger partial charge in [-0.2, -0.15) is 0 Å². The van der Waals surface area contributed by atoms with E-state index < -0.39 is 11.4 Å². The fourth-order valence-corrected chi connectivity index (χ4v) is 2.31. The van der Waals surface area contributed by atoms with Crippen LogP contribution in [0.4, 0.5) is 5.69 Å². The van der Waals surface area contributed by atoms with Gasteiger partial charge in [-0.05, 0) is 44.4 Å². The van der Waals surface area contributed by atoms with E-state index in [0.29, 0.717) is 0 Å². The number of benzene rings is 1. The fraction of sp³-hybridized carbons (Fsp3) is 0.500. The van der Waals surface area contributed by atoms with Crippen LogP contribution in [0.5, 0.6) is 0 Å². The molecule has 2 rings (SSSR count). The molecule has 0 amide bonds. The molecule has 0 aliphatic carbocycles. The second-order valence-electron chi connectivity index (χ2n) is 5.10. The summed E-state index contributed by atoms with van der Waals surface area (Å²) in [7, 11) is 0. The molecule has 0 fully saturated rings. The third kappa shape index (κ3) is 1.90. The molecule has 1 aromatic rings. The summed E-state index contributed by atoms with van der Waals surface area (Å²) in [5.41, 5.74) is 2.62. The first-order valence-electron chi connectivity index (χ1n) is 6.08. The van der Waals surface area contributed by atoms with Crippen molar-refractivity contribution < 1.29 is 9.90 Å². The SMILES string of the molecule is CCN1CCc2cc(C(C)(C)C(=O)O)ccc21. The van der Waals surface area contributed by atoms with E-state index in [2.05, 4.69) is 24.0 Å². The molecule has 1 N–H and O–H groups in total. The van der Waals surface area contributed by atoms with Gasteiger partial charge in [0, 0.05) is 18.8 Å². The summed E-state index contributed by atoms with van der Waals surface area (Å²) in [5.74, 6) is -0.775. The third-order valence-electron chi connectivity index (χ3n) is 3.71. The van der Waals surface area contributed by atoms with E-state index in [-0.39, 0.29) is 0 Å². The molecule has 3 heteroatoms. The molecule has 3 nitrogen and oxygen atoms in total. The Morgan fingerprint density at radius 1 is 1.47 bits per heavy atom. The van der Waals surface area contributed by atoms with Crippen molar-refractivity contribution in [3.63, 3.8) is 0 Å². The smallest absolute Gasteiger partial charge is 0.313 e. The number of likely N-dealkylation sites (N-methyl/N-ethyl adjacent to an activating group) is 1. The van der Waals surface area contributed by atoms with Crippen LogP contribution in [0.2, 0.25) is 0 Å². The summed E-state index contributed by atoms with van der Waals surface area (Å²) in [6.07, 6.45) is 1.02. The highest BCUT2D eigenvalue weighted by Crippen LogP contribution is 2.32. The number of rotatable bonds is 3. The highest BCUT2D eigenvalue weighted by molar-refractivity contribution is 5.80. The average Bonchev–Trinajstić information content (AvgIpc) is 2.70. The Bertz CT molecular complexity index is 452. The lowest BCUT2D eigenvalue weighted by Gasteiger charge is -2.22. The number of nitrogens with zero attached hydrogens (tertiary/aromatic N) is 1. The Hall–Kier alpha value is -1.51. The standard InChI is InChI=1S/C14H19NO2/c1-4-15-8-7-10-9-11(5-6-12(10)15)14(2,3)13(16)17/h5-6,9H,4,7-8H2,1-3H3,(H,16,17). The van der Waals surface area contributed by atoms with Crippen LogP contribution in [-0.4, -0.2) is 24.2 Å². The normalized spacial score (nSPS) is 14.9. The van der Waals surface area contributed by atoms with Crippen molar-refractivity contribution in [1.82, 2.24) is 0 Å². The molecule has 0 radical (unpaired) electrons. The summed E-state index contributed by atoms with van der Waals surface area (Å²) in [6.45, 7) is 7.70. The average molecular weight is 233 g/mol. The molecule has 92 valence electrons. The molecule has 17 heavy (non-hydrogen) atoms. The largest absolute Gasteiger partial charge is 0.481 e. The summed E-state index contributed by atoms with van der Waals surface area (Å²) in [6, 6.07) is 6.06. The number of hydrogen-bond donors (Lipinski definition) is 1. The lowest BCUT2D eigenvalue weighted by Crippen LogP contribution is -2.28. The number of anilines is 1. The molecule has 1 heterocycles. The highest BCUT2D eigenvalue weighted by Gasteiger charge is 2.30. The maximum Gasteiger partial charge on any atom is 0.313 e. The van der Waals surface area contributed by atoms with E-state index in [1.165, 1.54) is 11.3 Å². The molecule has 0 bridgehead atoms. The first-order valence-corrected chi connectivity index (χ1v) is 6.08. The Morgan fingerprint density at radius 2 is 2.18 bits per heavy atom. The van der Waals surface area contributed by atoms with E-state index in [1.807, 2.05) is 6.07 Å². The summed E-state index contributed by atoms with van der Waals surface area (Å²) < 4.78 is 0. The number of aliphatic carboxylic acids is 1. The van der Waals surface area contributed by atoms with E-state index in [0.717, 1.165) is 25.1 Å². The number of carboxylic acids is 1. The molecular formula is C14H19NO2. The van der Waals surface area contributed by atoms with E-state index in [1.54, 1.807) is 13.8 Å². The van der Waals surface area contributed by atoms with Crippen LogP contribution < -0.4 is 4.90 Å². The number of carboxylic acid groups (broad SMARTS) is 1. The van der Waals surface area contributed by atoms with Crippen LogP contribution in [0.15, 0.2) is 18.2 Å². The van der Waals surface area contributed by atoms with Gasteiger partial charge in [0.2, 0.25) is 0 Å². The Kier molecular flexibility index (Phi) is 2.86. The quantitative estimate of drug-likeness (QED) is 0.871. The lowest BCUT2D eigenvalue weighted by molar-refractivity contribution is -0.142. The second kappa shape index (κ2) is 4.06. The van der Waals surface area contributed by atoms with Gasteiger partial charge in [-0.15, -0.1) is 0 Å².